The van der Waals surface area contributed by atoms with Crippen LogP contribution < -0.4 is 5.32 Å². The van der Waals surface area contributed by atoms with Crippen LogP contribution in [0.15, 0.2) is 78.9 Å². The number of aliphatic hydroxyl groups is 2. The number of carboxylic acids is 1. The summed E-state index contributed by atoms with van der Waals surface area (Å²) in [6, 6.07) is 24.2. The maximum atomic E-state index is 12.0. The highest BCUT2D eigenvalue weighted by Crippen LogP contribution is 2.38. The predicted octanol–water partition coefficient (Wildman–Crippen LogP) is 4.58. The molecule has 1 aliphatic rings. The van der Waals surface area contributed by atoms with Crippen molar-refractivity contribution < 1.29 is 34.4 Å². The Kier molecular flexibility index (Phi) is 10.6. The average Bonchev–Trinajstić information content (AvgIpc) is 3.00. The zero-order chi connectivity index (χ0) is 29.4. The maximum absolute atomic E-state index is 12.0. The zero-order valence-electron chi connectivity index (χ0n) is 23.3. The number of anilines is 1. The first-order valence-corrected chi connectivity index (χ1v) is 13.8. The molecule has 0 unspecified atom stereocenters. The number of aliphatic hydroxyl groups excluding tert-OH is 2. The van der Waals surface area contributed by atoms with Gasteiger partial charge in [-0.15, -0.1) is 0 Å². The Morgan fingerprint density at radius 2 is 1.61 bits per heavy atom. The first-order chi connectivity index (χ1) is 19.7. The van der Waals surface area contributed by atoms with Crippen LogP contribution in [0.5, 0.6) is 0 Å². The molecule has 0 spiro atoms. The number of amides is 1. The van der Waals surface area contributed by atoms with E-state index in [1.807, 2.05) is 80.7 Å². The molecule has 0 aromatic heterocycles. The summed E-state index contributed by atoms with van der Waals surface area (Å²) in [5, 5.41) is 31.9. The Bertz CT molecular complexity index is 1270. The highest BCUT2D eigenvalue weighted by molar-refractivity contribution is 5.92. The molecule has 3 aromatic rings. The second kappa shape index (κ2) is 14.3. The van der Waals surface area contributed by atoms with E-state index < -0.39 is 18.4 Å². The van der Waals surface area contributed by atoms with Gasteiger partial charge in [0.05, 0.1) is 31.3 Å². The molecule has 5 atom stereocenters. The molecule has 0 saturated carbocycles. The molecule has 0 aliphatic carbocycles. The fourth-order valence-electron chi connectivity index (χ4n) is 4.86. The van der Waals surface area contributed by atoms with Gasteiger partial charge < -0.3 is 30.1 Å². The SMILES string of the molecule is C[C@H]([C@@H](O)c1ccccc1)N(C)C[C@@H]1C[C@H](c2ccc(CO)cc2)O[C@H](c2ccc(NC(=O)CCC(=O)O)cc2)O1. The van der Waals surface area contributed by atoms with E-state index in [4.69, 9.17) is 14.6 Å². The molecule has 4 N–H and O–H groups in total. The van der Waals surface area contributed by atoms with Crippen molar-refractivity contribution in [3.8, 4) is 0 Å². The number of carbonyl (C=O) groups is 2. The number of benzene rings is 3. The highest BCUT2D eigenvalue weighted by Gasteiger charge is 2.34. The molecule has 1 aliphatic heterocycles. The predicted molar refractivity (Wildman–Crippen MR) is 154 cm³/mol. The van der Waals surface area contributed by atoms with Gasteiger partial charge in [-0.1, -0.05) is 66.7 Å². The maximum Gasteiger partial charge on any atom is 0.303 e. The summed E-state index contributed by atoms with van der Waals surface area (Å²) in [6.07, 6.45) is -1.52. The lowest BCUT2D eigenvalue weighted by molar-refractivity contribution is -0.253. The van der Waals surface area contributed by atoms with Crippen molar-refractivity contribution >= 4 is 17.6 Å². The fraction of sp³-hybridized carbons (Fsp3) is 0.375. The summed E-state index contributed by atoms with van der Waals surface area (Å²) in [7, 11) is 1.97. The summed E-state index contributed by atoms with van der Waals surface area (Å²) in [5.74, 6) is -1.39. The molecule has 1 amide bonds. The molecule has 41 heavy (non-hydrogen) atoms. The van der Waals surface area contributed by atoms with Crippen molar-refractivity contribution in [1.82, 2.24) is 4.90 Å². The Morgan fingerprint density at radius 1 is 0.951 bits per heavy atom. The number of rotatable bonds is 12. The molecule has 0 radical (unpaired) electrons. The van der Waals surface area contributed by atoms with Gasteiger partial charge in [-0.25, -0.2) is 0 Å². The van der Waals surface area contributed by atoms with Gasteiger partial charge in [0, 0.05) is 36.7 Å². The Balaban J connectivity index is 1.48. The topological polar surface area (TPSA) is 129 Å². The summed E-state index contributed by atoms with van der Waals surface area (Å²) >= 11 is 0. The third-order valence-corrected chi connectivity index (χ3v) is 7.43. The quantitative estimate of drug-likeness (QED) is 0.253. The monoisotopic (exact) mass is 562 g/mol. The molecule has 1 fully saturated rings. The lowest BCUT2D eigenvalue weighted by Gasteiger charge is -2.39. The lowest BCUT2D eigenvalue weighted by Crippen LogP contribution is -2.43. The van der Waals surface area contributed by atoms with Gasteiger partial charge in [-0.05, 0) is 42.8 Å². The van der Waals surface area contributed by atoms with Gasteiger partial charge in [-0.3, -0.25) is 14.5 Å². The summed E-state index contributed by atoms with van der Waals surface area (Å²) in [5.41, 5.74) is 3.97. The van der Waals surface area contributed by atoms with Crippen molar-refractivity contribution in [2.24, 2.45) is 0 Å². The van der Waals surface area contributed by atoms with Gasteiger partial charge in [0.1, 0.15) is 0 Å². The van der Waals surface area contributed by atoms with Gasteiger partial charge in [0.2, 0.25) is 5.91 Å². The summed E-state index contributed by atoms with van der Waals surface area (Å²) in [6.45, 7) is 2.52. The van der Waals surface area contributed by atoms with Crippen molar-refractivity contribution in [1.29, 1.82) is 0 Å². The Labute approximate surface area is 240 Å². The fourth-order valence-corrected chi connectivity index (χ4v) is 4.86. The van der Waals surface area contributed by atoms with Crippen LogP contribution in [0.25, 0.3) is 0 Å². The third-order valence-electron chi connectivity index (χ3n) is 7.43. The van der Waals surface area contributed by atoms with E-state index in [-0.39, 0.29) is 43.6 Å². The van der Waals surface area contributed by atoms with E-state index in [0.29, 0.717) is 18.7 Å². The van der Waals surface area contributed by atoms with Crippen LogP contribution in [0.4, 0.5) is 5.69 Å². The first kappa shape index (κ1) is 30.4. The number of hydrogen-bond donors (Lipinski definition) is 4. The molecule has 1 heterocycles. The summed E-state index contributed by atoms with van der Waals surface area (Å²) in [4.78, 5) is 24.8. The normalized spacial score (nSPS) is 20.4. The number of likely N-dealkylation sites (N-methyl/N-ethyl adjacent to an activating group) is 1. The second-order valence-electron chi connectivity index (χ2n) is 10.4. The average molecular weight is 563 g/mol. The molecule has 4 rings (SSSR count). The highest BCUT2D eigenvalue weighted by atomic mass is 16.7. The molecule has 9 nitrogen and oxygen atoms in total. The van der Waals surface area contributed by atoms with E-state index >= 15 is 0 Å². The van der Waals surface area contributed by atoms with Crippen molar-refractivity contribution in [3.05, 3.63) is 101 Å². The van der Waals surface area contributed by atoms with Crippen molar-refractivity contribution in [2.45, 2.75) is 63.4 Å². The Morgan fingerprint density at radius 3 is 2.24 bits per heavy atom. The third kappa shape index (κ3) is 8.45. The number of hydrogen-bond acceptors (Lipinski definition) is 7. The van der Waals surface area contributed by atoms with Crippen LogP contribution in [0.3, 0.4) is 0 Å². The van der Waals surface area contributed by atoms with Crippen LogP contribution in [0.2, 0.25) is 0 Å². The van der Waals surface area contributed by atoms with Crippen LogP contribution >= 0.6 is 0 Å². The second-order valence-corrected chi connectivity index (χ2v) is 10.4. The van der Waals surface area contributed by atoms with E-state index in [2.05, 4.69) is 10.2 Å². The molecule has 1 saturated heterocycles. The number of nitrogens with one attached hydrogen (secondary N) is 1. The molecule has 218 valence electrons. The minimum atomic E-state index is -1.02. The lowest BCUT2D eigenvalue weighted by atomic mass is 9.98. The van der Waals surface area contributed by atoms with Crippen LogP contribution in [0.1, 0.15) is 66.9 Å². The molecule has 9 heteroatoms. The number of aliphatic carboxylic acids is 1. The number of carbonyl (C=O) groups excluding carboxylic acids is 1. The number of carboxylic acid groups (broad SMARTS) is 1. The standard InChI is InChI=1S/C32H38N2O7/c1-21(31(39)24-6-4-3-5-7-24)34(2)19-27-18-28(23-10-8-22(20-35)9-11-23)41-32(40-27)25-12-14-26(15-13-25)33-29(36)16-17-30(37)38/h3-15,21,27-28,31-32,35,39H,16-20H2,1-2H3,(H,33,36)(H,37,38)/t21-,27+,28-,31-,32-/m1/s1. The van der Waals surface area contributed by atoms with E-state index in [1.54, 1.807) is 12.1 Å². The van der Waals surface area contributed by atoms with Crippen LogP contribution in [-0.2, 0) is 25.7 Å². The van der Waals surface area contributed by atoms with Crippen molar-refractivity contribution in [3.63, 3.8) is 0 Å². The molecular weight excluding hydrogens is 524 g/mol. The molecule has 3 aromatic carbocycles. The van der Waals surface area contributed by atoms with Gasteiger partial charge >= 0.3 is 5.97 Å². The van der Waals surface area contributed by atoms with Crippen molar-refractivity contribution in [2.75, 3.05) is 18.9 Å². The largest absolute Gasteiger partial charge is 0.481 e. The molecular formula is C32H38N2O7. The minimum Gasteiger partial charge on any atom is -0.481 e. The van der Waals surface area contributed by atoms with E-state index in [1.165, 1.54) is 0 Å². The molecule has 0 bridgehead atoms. The number of ether oxygens (including phenoxy) is 2. The van der Waals surface area contributed by atoms with Gasteiger partial charge in [0.15, 0.2) is 6.29 Å². The van der Waals surface area contributed by atoms with E-state index in [0.717, 1.165) is 22.3 Å². The zero-order valence-corrected chi connectivity index (χ0v) is 23.3. The van der Waals surface area contributed by atoms with E-state index in [9.17, 15) is 19.8 Å². The Hall–Kier alpha value is -3.60. The van der Waals surface area contributed by atoms with Gasteiger partial charge in [-0.2, -0.15) is 0 Å². The summed E-state index contributed by atoms with van der Waals surface area (Å²) < 4.78 is 12.8. The minimum absolute atomic E-state index is 0.0359. The first-order valence-electron chi connectivity index (χ1n) is 13.8. The van der Waals surface area contributed by atoms with Crippen LogP contribution in [0, 0.1) is 0 Å². The van der Waals surface area contributed by atoms with Gasteiger partial charge in [0.25, 0.3) is 0 Å². The number of nitrogens with zero attached hydrogens (tertiary/aromatic N) is 1. The van der Waals surface area contributed by atoms with Crippen LogP contribution in [-0.4, -0.2) is 57.8 Å². The smallest absolute Gasteiger partial charge is 0.303 e.